The summed E-state index contributed by atoms with van der Waals surface area (Å²) < 4.78 is 27.4. The van der Waals surface area contributed by atoms with Crippen molar-refractivity contribution < 1.29 is 18.0 Å². The Morgan fingerprint density at radius 1 is 0.724 bits per heavy atom. The van der Waals surface area contributed by atoms with E-state index in [0.717, 1.165) is 0 Å². The number of sulfonamides is 1. The lowest BCUT2D eigenvalue weighted by molar-refractivity contribution is -0.114. The van der Waals surface area contributed by atoms with E-state index in [1.54, 1.807) is 60.7 Å². The fourth-order valence-corrected chi connectivity index (χ4v) is 3.69. The van der Waals surface area contributed by atoms with Crippen LogP contribution in [0.5, 0.6) is 0 Å². The SMILES string of the molecule is CC(=O)Nc1cccc(NC(=O)c2cccc(NS(=O)(=O)c3ccccc3)c2)c1. The number of hydrogen-bond donors (Lipinski definition) is 3. The number of carbonyl (C=O) groups excluding carboxylic acids is 2. The molecule has 0 saturated heterocycles. The van der Waals surface area contributed by atoms with E-state index in [4.69, 9.17) is 0 Å². The van der Waals surface area contributed by atoms with Crippen LogP contribution < -0.4 is 15.4 Å². The zero-order chi connectivity index (χ0) is 20.9. The van der Waals surface area contributed by atoms with Crippen molar-refractivity contribution >= 4 is 38.9 Å². The summed E-state index contributed by atoms with van der Waals surface area (Å²) in [6.45, 7) is 1.40. The molecule has 3 rings (SSSR count). The first-order chi connectivity index (χ1) is 13.8. The van der Waals surface area contributed by atoms with E-state index >= 15 is 0 Å². The van der Waals surface area contributed by atoms with Gasteiger partial charge in [-0.1, -0.05) is 30.3 Å². The highest BCUT2D eigenvalue weighted by Crippen LogP contribution is 2.19. The molecule has 0 spiro atoms. The highest BCUT2D eigenvalue weighted by atomic mass is 32.2. The summed E-state index contributed by atoms with van der Waals surface area (Å²) in [7, 11) is -3.75. The molecule has 3 aromatic rings. The van der Waals surface area contributed by atoms with Crippen LogP contribution in [0.1, 0.15) is 17.3 Å². The third-order valence-electron chi connectivity index (χ3n) is 3.87. The predicted molar refractivity (Wildman–Crippen MR) is 112 cm³/mol. The minimum Gasteiger partial charge on any atom is -0.326 e. The van der Waals surface area contributed by atoms with Crippen molar-refractivity contribution in [2.75, 3.05) is 15.4 Å². The maximum absolute atomic E-state index is 12.6. The number of hydrogen-bond acceptors (Lipinski definition) is 4. The van der Waals surface area contributed by atoms with Gasteiger partial charge in [-0.05, 0) is 48.5 Å². The van der Waals surface area contributed by atoms with Gasteiger partial charge in [0.1, 0.15) is 0 Å². The molecule has 0 aromatic heterocycles. The molecule has 0 bridgehead atoms. The quantitative estimate of drug-likeness (QED) is 0.577. The van der Waals surface area contributed by atoms with E-state index in [0.29, 0.717) is 11.4 Å². The van der Waals surface area contributed by atoms with Crippen LogP contribution in [0.2, 0.25) is 0 Å². The van der Waals surface area contributed by atoms with Gasteiger partial charge in [-0.25, -0.2) is 8.42 Å². The Morgan fingerprint density at radius 2 is 1.34 bits per heavy atom. The van der Waals surface area contributed by atoms with Crippen LogP contribution in [-0.2, 0) is 14.8 Å². The lowest BCUT2D eigenvalue weighted by Gasteiger charge is -2.11. The number of amides is 2. The Balaban J connectivity index is 1.75. The largest absolute Gasteiger partial charge is 0.326 e. The zero-order valence-corrected chi connectivity index (χ0v) is 16.4. The van der Waals surface area contributed by atoms with Gasteiger partial charge >= 0.3 is 0 Å². The third-order valence-corrected chi connectivity index (χ3v) is 5.27. The second kappa shape index (κ2) is 8.57. The Morgan fingerprint density at radius 3 is 2.03 bits per heavy atom. The van der Waals surface area contributed by atoms with Crippen molar-refractivity contribution in [1.82, 2.24) is 0 Å². The fourth-order valence-electron chi connectivity index (χ4n) is 2.62. The van der Waals surface area contributed by atoms with Crippen molar-refractivity contribution in [3.8, 4) is 0 Å². The maximum Gasteiger partial charge on any atom is 0.261 e. The molecule has 0 unspecified atom stereocenters. The molecule has 3 aromatic carbocycles. The minimum atomic E-state index is -3.75. The summed E-state index contributed by atoms with van der Waals surface area (Å²) >= 11 is 0. The van der Waals surface area contributed by atoms with Crippen LogP contribution in [0.15, 0.2) is 83.8 Å². The molecule has 29 heavy (non-hydrogen) atoms. The van der Waals surface area contributed by atoms with Crippen molar-refractivity contribution in [2.45, 2.75) is 11.8 Å². The molecule has 0 saturated carbocycles. The Kier molecular flexibility index (Phi) is 5.94. The zero-order valence-electron chi connectivity index (χ0n) is 15.5. The molecule has 2 amide bonds. The van der Waals surface area contributed by atoms with Gasteiger partial charge < -0.3 is 10.6 Å². The van der Waals surface area contributed by atoms with Crippen molar-refractivity contribution in [1.29, 1.82) is 0 Å². The van der Waals surface area contributed by atoms with E-state index < -0.39 is 15.9 Å². The third kappa shape index (κ3) is 5.43. The number of rotatable bonds is 6. The van der Waals surface area contributed by atoms with Gasteiger partial charge in [0.2, 0.25) is 5.91 Å². The van der Waals surface area contributed by atoms with Gasteiger partial charge in [0.05, 0.1) is 4.90 Å². The summed E-state index contributed by atoms with van der Waals surface area (Å²) in [5.41, 5.74) is 1.60. The first-order valence-corrected chi connectivity index (χ1v) is 10.2. The molecule has 0 fully saturated rings. The van der Waals surface area contributed by atoms with Crippen LogP contribution in [0.3, 0.4) is 0 Å². The smallest absolute Gasteiger partial charge is 0.261 e. The van der Waals surface area contributed by atoms with Crippen molar-refractivity contribution in [3.63, 3.8) is 0 Å². The standard InChI is InChI=1S/C21H19N3O4S/c1-15(25)22-17-8-6-9-18(14-17)23-21(26)16-7-5-10-19(13-16)24-29(27,28)20-11-3-2-4-12-20/h2-14,24H,1H3,(H,22,25)(H,23,26). The van der Waals surface area contributed by atoms with Crippen LogP contribution in [0.4, 0.5) is 17.1 Å². The van der Waals surface area contributed by atoms with Crippen LogP contribution in [-0.4, -0.2) is 20.2 Å². The molecular weight excluding hydrogens is 390 g/mol. The Bertz CT molecular complexity index is 1150. The molecule has 0 aliphatic rings. The summed E-state index contributed by atoms with van der Waals surface area (Å²) in [6.07, 6.45) is 0. The van der Waals surface area contributed by atoms with Gasteiger partial charge in [-0.15, -0.1) is 0 Å². The summed E-state index contributed by atoms with van der Waals surface area (Å²) in [6, 6.07) is 20.9. The summed E-state index contributed by atoms with van der Waals surface area (Å²) in [5, 5.41) is 5.37. The van der Waals surface area contributed by atoms with E-state index in [1.165, 1.54) is 25.1 Å². The van der Waals surface area contributed by atoms with Gasteiger partial charge in [0, 0.05) is 29.5 Å². The molecule has 0 aliphatic heterocycles. The predicted octanol–water partition coefficient (Wildman–Crippen LogP) is 3.70. The highest BCUT2D eigenvalue weighted by molar-refractivity contribution is 7.92. The van der Waals surface area contributed by atoms with Crippen LogP contribution in [0, 0.1) is 0 Å². The number of nitrogens with one attached hydrogen (secondary N) is 3. The Hall–Kier alpha value is -3.65. The van der Waals surface area contributed by atoms with Crippen molar-refractivity contribution in [3.05, 3.63) is 84.4 Å². The fraction of sp³-hybridized carbons (Fsp3) is 0.0476. The van der Waals surface area contributed by atoms with E-state index in [2.05, 4.69) is 15.4 Å². The lowest BCUT2D eigenvalue weighted by atomic mass is 10.2. The van der Waals surface area contributed by atoms with Gasteiger partial charge in [0.25, 0.3) is 15.9 Å². The van der Waals surface area contributed by atoms with E-state index in [1.807, 2.05) is 0 Å². The molecule has 0 atom stereocenters. The summed E-state index contributed by atoms with van der Waals surface area (Å²) in [4.78, 5) is 23.9. The average molecular weight is 409 g/mol. The van der Waals surface area contributed by atoms with E-state index in [-0.39, 0.29) is 22.1 Å². The van der Waals surface area contributed by atoms with Crippen LogP contribution in [0.25, 0.3) is 0 Å². The number of benzene rings is 3. The maximum atomic E-state index is 12.6. The van der Waals surface area contributed by atoms with E-state index in [9.17, 15) is 18.0 Å². The van der Waals surface area contributed by atoms with Gasteiger partial charge in [-0.2, -0.15) is 0 Å². The molecule has 8 heteroatoms. The minimum absolute atomic E-state index is 0.129. The van der Waals surface area contributed by atoms with Gasteiger partial charge in [0.15, 0.2) is 0 Å². The highest BCUT2D eigenvalue weighted by Gasteiger charge is 2.15. The number of carbonyl (C=O) groups is 2. The van der Waals surface area contributed by atoms with Crippen LogP contribution >= 0.6 is 0 Å². The average Bonchev–Trinajstić information content (AvgIpc) is 2.68. The van der Waals surface area contributed by atoms with Crippen molar-refractivity contribution in [2.24, 2.45) is 0 Å². The second-order valence-electron chi connectivity index (χ2n) is 6.22. The molecular formula is C21H19N3O4S. The number of anilines is 3. The monoisotopic (exact) mass is 409 g/mol. The molecule has 0 heterocycles. The molecule has 3 N–H and O–H groups in total. The van der Waals surface area contributed by atoms with Gasteiger partial charge in [-0.3, -0.25) is 14.3 Å². The molecule has 0 aliphatic carbocycles. The second-order valence-corrected chi connectivity index (χ2v) is 7.90. The molecule has 0 radical (unpaired) electrons. The first-order valence-electron chi connectivity index (χ1n) is 8.70. The lowest BCUT2D eigenvalue weighted by Crippen LogP contribution is -2.15. The first kappa shape index (κ1) is 20.1. The molecule has 148 valence electrons. The topological polar surface area (TPSA) is 104 Å². The Labute approximate surface area is 168 Å². The normalized spacial score (nSPS) is 10.8. The molecule has 7 nitrogen and oxygen atoms in total. The summed E-state index contributed by atoms with van der Waals surface area (Å²) in [5.74, 6) is -0.627.